The summed E-state index contributed by atoms with van der Waals surface area (Å²) in [5, 5.41) is 2.01. The summed E-state index contributed by atoms with van der Waals surface area (Å²) in [6.07, 6.45) is 1.81. The molecule has 66 valence electrons. The van der Waals surface area contributed by atoms with Gasteiger partial charge >= 0.3 is 0 Å². The highest BCUT2D eigenvalue weighted by atomic mass is 79.9. The molecule has 0 atom stereocenters. The van der Waals surface area contributed by atoms with Crippen molar-refractivity contribution in [2.75, 3.05) is 0 Å². The van der Waals surface area contributed by atoms with Crippen molar-refractivity contribution in [3.05, 3.63) is 40.5 Å². The number of nitrogens with zero attached hydrogens (tertiary/aromatic N) is 1. The van der Waals surface area contributed by atoms with Gasteiger partial charge < -0.3 is 0 Å². The highest BCUT2D eigenvalue weighted by Crippen LogP contribution is 2.27. The maximum Gasteiger partial charge on any atom is 0.0846 e. The summed E-state index contributed by atoms with van der Waals surface area (Å²) in [6, 6.07) is 8.19. The Hall–Kier alpha value is -0.410. The van der Waals surface area contributed by atoms with Crippen molar-refractivity contribution in [3.8, 4) is 0 Å². The molecule has 0 saturated carbocycles. The second-order valence-electron chi connectivity index (χ2n) is 2.75. The van der Waals surface area contributed by atoms with Crippen LogP contribution < -0.4 is 0 Å². The van der Waals surface area contributed by atoms with Crippen molar-refractivity contribution >= 4 is 42.8 Å². The third kappa shape index (κ3) is 1.63. The van der Waals surface area contributed by atoms with E-state index in [1.165, 1.54) is 10.9 Å². The van der Waals surface area contributed by atoms with Gasteiger partial charge in [0.05, 0.1) is 5.52 Å². The molecule has 0 saturated heterocycles. The minimum Gasteiger partial charge on any atom is -0.255 e. The smallest absolute Gasteiger partial charge is 0.0846 e. The van der Waals surface area contributed by atoms with Gasteiger partial charge in [-0.3, -0.25) is 4.98 Å². The van der Waals surface area contributed by atoms with Crippen LogP contribution in [0.1, 0.15) is 5.56 Å². The van der Waals surface area contributed by atoms with Crippen molar-refractivity contribution < 1.29 is 0 Å². The highest BCUT2D eigenvalue weighted by molar-refractivity contribution is 9.11. The molecule has 0 bridgehead atoms. The van der Waals surface area contributed by atoms with Gasteiger partial charge in [0.25, 0.3) is 0 Å². The fraction of sp³-hybridized carbons (Fsp3) is 0.100. The molecule has 0 N–H and O–H groups in total. The number of benzene rings is 1. The van der Waals surface area contributed by atoms with E-state index in [4.69, 9.17) is 0 Å². The van der Waals surface area contributed by atoms with Crippen LogP contribution in [-0.4, -0.2) is 4.98 Å². The van der Waals surface area contributed by atoms with Gasteiger partial charge in [0.2, 0.25) is 0 Å². The zero-order valence-electron chi connectivity index (χ0n) is 6.80. The van der Waals surface area contributed by atoms with Crippen LogP contribution in [-0.2, 0) is 5.33 Å². The quantitative estimate of drug-likeness (QED) is 0.728. The van der Waals surface area contributed by atoms with Gasteiger partial charge in [-0.25, -0.2) is 0 Å². The van der Waals surface area contributed by atoms with Crippen LogP contribution in [0.15, 0.2) is 34.9 Å². The average molecular weight is 301 g/mol. The number of hydrogen-bond acceptors (Lipinski definition) is 1. The maximum atomic E-state index is 4.32. The molecule has 0 amide bonds. The van der Waals surface area contributed by atoms with Crippen LogP contribution in [0.2, 0.25) is 0 Å². The van der Waals surface area contributed by atoms with E-state index in [9.17, 15) is 0 Å². The first-order valence-corrected chi connectivity index (χ1v) is 5.82. The van der Waals surface area contributed by atoms with Crippen LogP contribution in [0.5, 0.6) is 0 Å². The Balaban J connectivity index is 2.79. The van der Waals surface area contributed by atoms with E-state index in [1.54, 1.807) is 0 Å². The lowest BCUT2D eigenvalue weighted by atomic mass is 10.1. The molecule has 0 spiro atoms. The number of fused-ring (bicyclic) bond motifs is 1. The SMILES string of the molecule is BrCc1ccc2cccnc2c1Br. The standard InChI is InChI=1S/C10H7Br2N/c11-6-8-4-3-7-2-1-5-13-10(7)9(8)12/h1-5H,6H2. The molecule has 2 aromatic rings. The third-order valence-electron chi connectivity index (χ3n) is 1.94. The first-order valence-electron chi connectivity index (χ1n) is 3.91. The van der Waals surface area contributed by atoms with E-state index in [-0.39, 0.29) is 0 Å². The number of rotatable bonds is 1. The van der Waals surface area contributed by atoms with E-state index < -0.39 is 0 Å². The Morgan fingerprint density at radius 1 is 1.23 bits per heavy atom. The number of pyridine rings is 1. The Morgan fingerprint density at radius 2 is 2.08 bits per heavy atom. The van der Waals surface area contributed by atoms with Crippen molar-refractivity contribution in [2.24, 2.45) is 0 Å². The minimum absolute atomic E-state index is 0.847. The summed E-state index contributed by atoms with van der Waals surface area (Å²) in [7, 11) is 0. The number of alkyl halides is 1. The molecule has 0 aliphatic heterocycles. The summed E-state index contributed by atoms with van der Waals surface area (Å²) >= 11 is 6.99. The van der Waals surface area contributed by atoms with Crippen LogP contribution in [0, 0.1) is 0 Å². The van der Waals surface area contributed by atoms with E-state index >= 15 is 0 Å². The van der Waals surface area contributed by atoms with Crippen LogP contribution in [0.3, 0.4) is 0 Å². The van der Waals surface area contributed by atoms with E-state index in [0.717, 1.165) is 15.3 Å². The Bertz CT molecular complexity index is 440. The molecule has 0 unspecified atom stereocenters. The molecule has 2 rings (SSSR count). The largest absolute Gasteiger partial charge is 0.255 e. The summed E-state index contributed by atoms with van der Waals surface area (Å²) in [4.78, 5) is 4.32. The molecule has 1 aromatic carbocycles. The monoisotopic (exact) mass is 299 g/mol. The van der Waals surface area contributed by atoms with Crippen molar-refractivity contribution in [3.63, 3.8) is 0 Å². The zero-order chi connectivity index (χ0) is 9.26. The van der Waals surface area contributed by atoms with E-state index in [1.807, 2.05) is 12.3 Å². The molecule has 1 aromatic heterocycles. The average Bonchev–Trinajstić information content (AvgIpc) is 2.19. The molecule has 3 heteroatoms. The van der Waals surface area contributed by atoms with Gasteiger partial charge in [0.1, 0.15) is 0 Å². The highest BCUT2D eigenvalue weighted by Gasteiger charge is 2.03. The van der Waals surface area contributed by atoms with Gasteiger partial charge in [-0.1, -0.05) is 34.1 Å². The first-order chi connectivity index (χ1) is 6.33. The molecule has 0 aliphatic carbocycles. The van der Waals surface area contributed by atoms with Crippen molar-refractivity contribution in [1.82, 2.24) is 4.98 Å². The molecular formula is C10H7Br2N. The molecule has 1 nitrogen and oxygen atoms in total. The lowest BCUT2D eigenvalue weighted by Crippen LogP contribution is -1.84. The van der Waals surface area contributed by atoms with Crippen LogP contribution >= 0.6 is 31.9 Å². The van der Waals surface area contributed by atoms with Crippen molar-refractivity contribution in [2.45, 2.75) is 5.33 Å². The summed E-state index contributed by atoms with van der Waals surface area (Å²) in [6.45, 7) is 0. The van der Waals surface area contributed by atoms with Gasteiger partial charge in [-0.05, 0) is 27.6 Å². The first kappa shape index (κ1) is 9.16. The Kier molecular flexibility index (Phi) is 2.65. The van der Waals surface area contributed by atoms with Crippen LogP contribution in [0.25, 0.3) is 10.9 Å². The molecule has 13 heavy (non-hydrogen) atoms. The second kappa shape index (κ2) is 3.76. The molecule has 1 heterocycles. The molecule has 0 aliphatic rings. The number of hydrogen-bond donors (Lipinski definition) is 0. The lowest BCUT2D eigenvalue weighted by molar-refractivity contribution is 1.35. The molecule has 0 radical (unpaired) electrons. The van der Waals surface area contributed by atoms with Gasteiger partial charge in [-0.15, -0.1) is 0 Å². The molecule has 0 fully saturated rings. The van der Waals surface area contributed by atoms with Crippen molar-refractivity contribution in [1.29, 1.82) is 0 Å². The van der Waals surface area contributed by atoms with Crippen LogP contribution in [0.4, 0.5) is 0 Å². The fourth-order valence-corrected chi connectivity index (χ4v) is 2.70. The topological polar surface area (TPSA) is 12.9 Å². The van der Waals surface area contributed by atoms with Gasteiger partial charge in [0.15, 0.2) is 0 Å². The minimum atomic E-state index is 0.847. The normalized spacial score (nSPS) is 10.6. The number of halogens is 2. The summed E-state index contributed by atoms with van der Waals surface area (Å²) < 4.78 is 1.09. The van der Waals surface area contributed by atoms with E-state index in [2.05, 4.69) is 55.0 Å². The van der Waals surface area contributed by atoms with E-state index in [0.29, 0.717) is 0 Å². The molecular weight excluding hydrogens is 294 g/mol. The fourth-order valence-electron chi connectivity index (χ4n) is 1.25. The van der Waals surface area contributed by atoms with Gasteiger partial charge in [-0.2, -0.15) is 0 Å². The number of aromatic nitrogens is 1. The lowest BCUT2D eigenvalue weighted by Gasteiger charge is -2.03. The zero-order valence-corrected chi connectivity index (χ0v) is 9.97. The Morgan fingerprint density at radius 3 is 2.85 bits per heavy atom. The summed E-state index contributed by atoms with van der Waals surface area (Å²) in [5.74, 6) is 0. The maximum absolute atomic E-state index is 4.32. The summed E-state index contributed by atoms with van der Waals surface area (Å²) in [5.41, 5.74) is 2.26. The second-order valence-corrected chi connectivity index (χ2v) is 4.10. The predicted octanol–water partition coefficient (Wildman–Crippen LogP) is 3.89. The Labute approximate surface area is 93.4 Å². The predicted molar refractivity (Wildman–Crippen MR) is 62.1 cm³/mol. The van der Waals surface area contributed by atoms with Gasteiger partial charge in [0, 0.05) is 21.4 Å². The third-order valence-corrected chi connectivity index (χ3v) is 3.43.